The van der Waals surface area contributed by atoms with Gasteiger partial charge in [-0.2, -0.15) is 0 Å². The second-order valence-electron chi connectivity index (χ2n) is 2.33. The van der Waals surface area contributed by atoms with E-state index in [2.05, 4.69) is 0 Å². The Morgan fingerprint density at radius 3 is 2.58 bits per heavy atom. The van der Waals surface area contributed by atoms with Crippen LogP contribution in [-0.2, 0) is 4.79 Å². The molecule has 0 bridgehead atoms. The quantitative estimate of drug-likeness (QED) is 0.750. The van der Waals surface area contributed by atoms with Gasteiger partial charge in [-0.1, -0.05) is 29.3 Å². The van der Waals surface area contributed by atoms with Gasteiger partial charge in [0.05, 0.1) is 6.04 Å². The molecule has 0 spiro atoms. The van der Waals surface area contributed by atoms with Crippen LogP contribution < -0.4 is 5.73 Å². The topological polar surface area (TPSA) is 43.1 Å². The first kappa shape index (κ1) is 9.52. The normalized spacial score (nSPS) is 12.6. The molecule has 12 heavy (non-hydrogen) atoms. The van der Waals surface area contributed by atoms with E-state index in [0.717, 1.165) is 0 Å². The molecule has 0 amide bonds. The maximum atomic E-state index is 10.3. The van der Waals surface area contributed by atoms with Crippen molar-refractivity contribution in [2.75, 3.05) is 0 Å². The fraction of sp³-hybridized carbons (Fsp3) is 0.125. The lowest BCUT2D eigenvalue weighted by atomic mass is 10.1. The molecular weight excluding hydrogens is 197 g/mol. The van der Waals surface area contributed by atoms with Crippen LogP contribution in [0.15, 0.2) is 18.2 Å². The molecule has 0 aliphatic heterocycles. The highest BCUT2D eigenvalue weighted by Gasteiger charge is 2.08. The van der Waals surface area contributed by atoms with Crippen molar-refractivity contribution in [3.63, 3.8) is 0 Å². The van der Waals surface area contributed by atoms with Crippen LogP contribution in [0.3, 0.4) is 0 Å². The minimum absolute atomic E-state index is 0.419. The van der Waals surface area contributed by atoms with Gasteiger partial charge in [0.25, 0.3) is 0 Å². The fourth-order valence-corrected chi connectivity index (χ4v) is 1.38. The number of benzene rings is 1. The Bertz CT molecular complexity index is 301. The van der Waals surface area contributed by atoms with E-state index in [-0.39, 0.29) is 0 Å². The van der Waals surface area contributed by atoms with Gasteiger partial charge in [-0.3, -0.25) is 0 Å². The van der Waals surface area contributed by atoms with Gasteiger partial charge in [0.15, 0.2) is 0 Å². The van der Waals surface area contributed by atoms with Crippen molar-refractivity contribution < 1.29 is 4.79 Å². The van der Waals surface area contributed by atoms with Crippen LogP contribution in [0.2, 0.25) is 10.0 Å². The van der Waals surface area contributed by atoms with Crippen LogP contribution in [0.25, 0.3) is 0 Å². The zero-order valence-electron chi connectivity index (χ0n) is 6.13. The lowest BCUT2D eigenvalue weighted by Gasteiger charge is -2.06. The van der Waals surface area contributed by atoms with Crippen LogP contribution in [0, 0.1) is 0 Å². The first-order chi connectivity index (χ1) is 5.65. The molecule has 0 saturated carbocycles. The van der Waals surface area contributed by atoms with E-state index in [1.165, 1.54) is 0 Å². The third kappa shape index (κ3) is 1.97. The van der Waals surface area contributed by atoms with Crippen molar-refractivity contribution in [2.45, 2.75) is 6.04 Å². The van der Waals surface area contributed by atoms with Crippen molar-refractivity contribution in [3.05, 3.63) is 33.8 Å². The highest BCUT2D eigenvalue weighted by atomic mass is 35.5. The maximum Gasteiger partial charge on any atom is 0.141 e. The summed E-state index contributed by atoms with van der Waals surface area (Å²) >= 11 is 11.4. The SMILES string of the molecule is NC(C=O)c1ccc(Cl)cc1Cl. The molecule has 1 rings (SSSR count). The minimum Gasteiger partial charge on any atom is -0.318 e. The number of aldehydes is 1. The summed E-state index contributed by atoms with van der Waals surface area (Å²) in [5.74, 6) is 0. The average molecular weight is 204 g/mol. The Labute approximate surface area is 80.3 Å². The smallest absolute Gasteiger partial charge is 0.141 e. The van der Waals surface area contributed by atoms with Gasteiger partial charge in [0, 0.05) is 10.0 Å². The number of nitrogens with two attached hydrogens (primary N) is 1. The number of hydrogen-bond donors (Lipinski definition) is 1. The van der Waals surface area contributed by atoms with Crippen molar-refractivity contribution in [1.82, 2.24) is 0 Å². The van der Waals surface area contributed by atoms with Gasteiger partial charge in [0.2, 0.25) is 0 Å². The van der Waals surface area contributed by atoms with Crippen LogP contribution in [0.5, 0.6) is 0 Å². The predicted molar refractivity (Wildman–Crippen MR) is 49.5 cm³/mol. The molecule has 0 radical (unpaired) electrons. The molecule has 1 aromatic rings. The summed E-state index contributed by atoms with van der Waals surface area (Å²) in [6.45, 7) is 0. The van der Waals surface area contributed by atoms with Crippen molar-refractivity contribution in [1.29, 1.82) is 0 Å². The Hall–Kier alpha value is -0.570. The zero-order valence-corrected chi connectivity index (χ0v) is 7.64. The fourth-order valence-electron chi connectivity index (χ4n) is 0.845. The molecule has 1 unspecified atom stereocenters. The Morgan fingerprint density at radius 2 is 2.08 bits per heavy atom. The minimum atomic E-state index is -0.672. The summed E-state index contributed by atoms with van der Waals surface area (Å²) in [6.07, 6.45) is 0.634. The number of carbonyl (C=O) groups is 1. The second kappa shape index (κ2) is 3.90. The van der Waals surface area contributed by atoms with Gasteiger partial charge in [-0.05, 0) is 17.7 Å². The first-order valence-corrected chi connectivity index (χ1v) is 4.06. The summed E-state index contributed by atoms with van der Waals surface area (Å²) < 4.78 is 0. The van der Waals surface area contributed by atoms with E-state index in [9.17, 15) is 4.79 Å². The molecular formula is C8H7Cl2NO. The number of halogens is 2. The molecule has 4 heteroatoms. The number of carbonyl (C=O) groups excluding carboxylic acids is 1. The summed E-state index contributed by atoms with van der Waals surface area (Å²) in [5.41, 5.74) is 6.04. The van der Waals surface area contributed by atoms with Crippen LogP contribution in [0.4, 0.5) is 0 Å². The molecule has 1 aromatic carbocycles. The van der Waals surface area contributed by atoms with Gasteiger partial charge >= 0.3 is 0 Å². The Balaban J connectivity index is 3.09. The van der Waals surface area contributed by atoms with Crippen LogP contribution >= 0.6 is 23.2 Å². The number of rotatable bonds is 2. The van der Waals surface area contributed by atoms with Crippen molar-refractivity contribution >= 4 is 29.5 Å². The summed E-state index contributed by atoms with van der Waals surface area (Å²) in [7, 11) is 0. The standard InChI is InChI=1S/C8H7Cl2NO/c9-5-1-2-6(7(10)3-5)8(11)4-12/h1-4,8H,11H2. The Kier molecular flexibility index (Phi) is 3.09. The number of hydrogen-bond acceptors (Lipinski definition) is 2. The van der Waals surface area contributed by atoms with Gasteiger partial charge in [-0.25, -0.2) is 0 Å². The molecule has 0 aromatic heterocycles. The molecule has 0 aliphatic rings. The molecule has 0 fully saturated rings. The van der Waals surface area contributed by atoms with Crippen molar-refractivity contribution in [3.8, 4) is 0 Å². The largest absolute Gasteiger partial charge is 0.318 e. The molecule has 2 nitrogen and oxygen atoms in total. The van der Waals surface area contributed by atoms with Crippen molar-refractivity contribution in [2.24, 2.45) is 5.73 Å². The highest BCUT2D eigenvalue weighted by Crippen LogP contribution is 2.23. The van der Waals surface area contributed by atoms with E-state index >= 15 is 0 Å². The lowest BCUT2D eigenvalue weighted by Crippen LogP contribution is -2.11. The molecule has 0 heterocycles. The van der Waals surface area contributed by atoms with Crippen LogP contribution in [0.1, 0.15) is 11.6 Å². The summed E-state index contributed by atoms with van der Waals surface area (Å²) in [5, 5.41) is 0.948. The van der Waals surface area contributed by atoms with Gasteiger partial charge < -0.3 is 10.5 Å². The summed E-state index contributed by atoms with van der Waals surface area (Å²) in [4.78, 5) is 10.3. The highest BCUT2D eigenvalue weighted by molar-refractivity contribution is 6.35. The second-order valence-corrected chi connectivity index (χ2v) is 3.17. The molecule has 0 aliphatic carbocycles. The molecule has 64 valence electrons. The predicted octanol–water partition coefficient (Wildman–Crippen LogP) is 2.19. The van der Waals surface area contributed by atoms with Gasteiger partial charge in [0.1, 0.15) is 6.29 Å². The first-order valence-electron chi connectivity index (χ1n) is 3.31. The Morgan fingerprint density at radius 1 is 1.42 bits per heavy atom. The lowest BCUT2D eigenvalue weighted by molar-refractivity contribution is -0.109. The average Bonchev–Trinajstić information content (AvgIpc) is 2.03. The van der Waals surface area contributed by atoms with Crippen LogP contribution in [-0.4, -0.2) is 6.29 Å². The van der Waals surface area contributed by atoms with E-state index in [0.29, 0.717) is 21.9 Å². The van der Waals surface area contributed by atoms with Gasteiger partial charge in [-0.15, -0.1) is 0 Å². The summed E-state index contributed by atoms with van der Waals surface area (Å²) in [6, 6.07) is 4.17. The molecule has 0 saturated heterocycles. The molecule has 2 N–H and O–H groups in total. The maximum absolute atomic E-state index is 10.3. The third-order valence-corrected chi connectivity index (χ3v) is 2.03. The third-order valence-electron chi connectivity index (χ3n) is 1.47. The van der Waals surface area contributed by atoms with E-state index in [1.54, 1.807) is 18.2 Å². The van der Waals surface area contributed by atoms with E-state index in [4.69, 9.17) is 28.9 Å². The molecule has 1 atom stereocenters. The zero-order chi connectivity index (χ0) is 9.14. The van der Waals surface area contributed by atoms with E-state index in [1.807, 2.05) is 0 Å². The van der Waals surface area contributed by atoms with E-state index < -0.39 is 6.04 Å². The monoisotopic (exact) mass is 203 g/mol.